The minimum Gasteiger partial charge on any atom is -0.348 e. The maximum absolute atomic E-state index is 12.5. The van der Waals surface area contributed by atoms with Gasteiger partial charge in [-0.2, -0.15) is 0 Å². The zero-order valence-electron chi connectivity index (χ0n) is 16.3. The monoisotopic (exact) mass is 436 g/mol. The van der Waals surface area contributed by atoms with Gasteiger partial charge in [0.15, 0.2) is 0 Å². The molecule has 4 rings (SSSR count). The minimum absolute atomic E-state index is 0.0381. The van der Waals surface area contributed by atoms with Crippen LogP contribution in [0.25, 0.3) is 0 Å². The van der Waals surface area contributed by atoms with Crippen LogP contribution in [-0.4, -0.2) is 22.5 Å². The van der Waals surface area contributed by atoms with Crippen LogP contribution in [0.2, 0.25) is 5.02 Å². The van der Waals surface area contributed by atoms with Crippen molar-refractivity contribution in [2.45, 2.75) is 18.5 Å². The summed E-state index contributed by atoms with van der Waals surface area (Å²) in [5, 5.41) is 3.55. The molecule has 4 nitrogen and oxygen atoms in total. The Labute approximate surface area is 185 Å². The van der Waals surface area contributed by atoms with Gasteiger partial charge >= 0.3 is 0 Å². The molecule has 3 aromatic carbocycles. The molecule has 30 heavy (non-hydrogen) atoms. The van der Waals surface area contributed by atoms with Crippen molar-refractivity contribution in [1.29, 1.82) is 0 Å². The summed E-state index contributed by atoms with van der Waals surface area (Å²) in [4.78, 5) is 26.8. The van der Waals surface area contributed by atoms with Crippen LogP contribution in [0.3, 0.4) is 0 Å². The normalized spacial score (nSPS) is 16.0. The number of nitrogens with one attached hydrogen (secondary N) is 1. The largest absolute Gasteiger partial charge is 0.348 e. The van der Waals surface area contributed by atoms with E-state index in [2.05, 4.69) is 5.32 Å². The molecule has 1 heterocycles. The molecule has 1 fully saturated rings. The van der Waals surface area contributed by atoms with E-state index in [1.165, 1.54) is 0 Å². The van der Waals surface area contributed by atoms with Crippen molar-refractivity contribution in [3.8, 4) is 0 Å². The lowest BCUT2D eigenvalue weighted by atomic mass is 10.1. The van der Waals surface area contributed by atoms with E-state index in [9.17, 15) is 9.59 Å². The van der Waals surface area contributed by atoms with Crippen LogP contribution in [0.1, 0.15) is 32.4 Å². The Kier molecular flexibility index (Phi) is 6.41. The Morgan fingerprint density at radius 3 is 2.37 bits per heavy atom. The first kappa shape index (κ1) is 20.5. The third-order valence-electron chi connectivity index (χ3n) is 4.99. The van der Waals surface area contributed by atoms with E-state index in [0.717, 1.165) is 16.7 Å². The zero-order valence-corrected chi connectivity index (χ0v) is 17.8. The van der Waals surface area contributed by atoms with E-state index in [1.807, 2.05) is 71.6 Å². The Balaban J connectivity index is 1.41. The number of nitrogens with zero attached hydrogens (tertiary/aromatic N) is 1. The minimum atomic E-state index is -0.132. The van der Waals surface area contributed by atoms with Crippen LogP contribution in [-0.2, 0) is 17.9 Å². The van der Waals surface area contributed by atoms with Gasteiger partial charge in [0.2, 0.25) is 5.91 Å². The Morgan fingerprint density at radius 1 is 0.967 bits per heavy atom. The molecule has 1 aliphatic rings. The van der Waals surface area contributed by atoms with E-state index < -0.39 is 0 Å². The summed E-state index contributed by atoms with van der Waals surface area (Å²) in [6.45, 7) is 1.02. The smallest absolute Gasteiger partial charge is 0.251 e. The summed E-state index contributed by atoms with van der Waals surface area (Å²) in [6.07, 6.45) is 0. The fourth-order valence-corrected chi connectivity index (χ4v) is 4.68. The lowest BCUT2D eigenvalue weighted by molar-refractivity contribution is -0.128. The number of rotatable bonds is 6. The first-order valence-electron chi connectivity index (χ1n) is 9.68. The molecule has 6 heteroatoms. The second-order valence-electron chi connectivity index (χ2n) is 7.10. The predicted octanol–water partition coefficient (Wildman–Crippen LogP) is 5.04. The van der Waals surface area contributed by atoms with Gasteiger partial charge in [-0.3, -0.25) is 9.59 Å². The topological polar surface area (TPSA) is 49.4 Å². The number of carbonyl (C=O) groups excluding carboxylic acids is 2. The van der Waals surface area contributed by atoms with Crippen LogP contribution < -0.4 is 5.32 Å². The maximum atomic E-state index is 12.5. The lowest BCUT2D eigenvalue weighted by Gasteiger charge is -2.24. The third kappa shape index (κ3) is 4.86. The summed E-state index contributed by atoms with van der Waals surface area (Å²) in [5.74, 6) is 0.479. The third-order valence-corrected chi connectivity index (χ3v) is 6.50. The number of halogens is 1. The summed E-state index contributed by atoms with van der Waals surface area (Å²) < 4.78 is 0. The van der Waals surface area contributed by atoms with Gasteiger partial charge < -0.3 is 10.2 Å². The fourth-order valence-electron chi connectivity index (χ4n) is 3.37. The molecule has 1 atom stereocenters. The zero-order chi connectivity index (χ0) is 20.9. The molecule has 0 aromatic heterocycles. The number of benzene rings is 3. The second-order valence-corrected chi connectivity index (χ2v) is 8.61. The maximum Gasteiger partial charge on any atom is 0.251 e. The van der Waals surface area contributed by atoms with Crippen LogP contribution in [0.5, 0.6) is 0 Å². The van der Waals surface area contributed by atoms with Gasteiger partial charge in [-0.25, -0.2) is 0 Å². The highest BCUT2D eigenvalue weighted by atomic mass is 35.5. The van der Waals surface area contributed by atoms with Crippen molar-refractivity contribution in [1.82, 2.24) is 10.2 Å². The molecule has 0 aliphatic carbocycles. The van der Waals surface area contributed by atoms with Crippen LogP contribution >= 0.6 is 23.4 Å². The van der Waals surface area contributed by atoms with Gasteiger partial charge in [-0.1, -0.05) is 66.2 Å². The molecule has 0 spiro atoms. The molecule has 3 aromatic rings. The molecule has 1 N–H and O–H groups in total. The van der Waals surface area contributed by atoms with Crippen molar-refractivity contribution in [3.63, 3.8) is 0 Å². The van der Waals surface area contributed by atoms with Crippen molar-refractivity contribution in [2.75, 3.05) is 5.75 Å². The highest BCUT2D eigenvalue weighted by Crippen LogP contribution is 2.39. The standard InChI is InChI=1S/C24H21ClN2O2S/c25-21-12-6-17(7-13-21)14-26-23(29)19-8-10-20(11-9-19)24-27(22(28)16-30-24)15-18-4-2-1-3-5-18/h1-13,24H,14-16H2,(H,26,29)/t24-/m0/s1. The van der Waals surface area contributed by atoms with Crippen molar-refractivity contribution < 1.29 is 9.59 Å². The first-order valence-corrected chi connectivity index (χ1v) is 11.1. The number of amides is 2. The molecular weight excluding hydrogens is 416 g/mol. The molecule has 0 saturated carbocycles. The Morgan fingerprint density at radius 2 is 1.67 bits per heavy atom. The number of carbonyl (C=O) groups is 2. The highest BCUT2D eigenvalue weighted by molar-refractivity contribution is 8.00. The van der Waals surface area contributed by atoms with Crippen molar-refractivity contribution in [3.05, 3.63) is 106 Å². The van der Waals surface area contributed by atoms with E-state index in [-0.39, 0.29) is 17.2 Å². The average molecular weight is 437 g/mol. The first-order chi connectivity index (χ1) is 14.6. The predicted molar refractivity (Wildman–Crippen MR) is 121 cm³/mol. The van der Waals surface area contributed by atoms with Gasteiger partial charge in [-0.05, 0) is 41.0 Å². The molecule has 1 saturated heterocycles. The average Bonchev–Trinajstić information content (AvgIpc) is 3.14. The molecule has 0 bridgehead atoms. The molecule has 0 unspecified atom stereocenters. The quantitative estimate of drug-likeness (QED) is 0.588. The SMILES string of the molecule is O=C(NCc1ccc(Cl)cc1)c1ccc([C@@H]2SCC(=O)N2Cc2ccccc2)cc1. The number of thioether (sulfide) groups is 1. The van der Waals surface area contributed by atoms with E-state index in [1.54, 1.807) is 23.9 Å². The molecular formula is C24H21ClN2O2S. The van der Waals surface area contributed by atoms with E-state index in [0.29, 0.717) is 29.4 Å². The number of hydrogen-bond donors (Lipinski definition) is 1. The molecule has 2 amide bonds. The van der Waals surface area contributed by atoms with Gasteiger partial charge in [0.05, 0.1) is 5.75 Å². The Bertz CT molecular complexity index is 1020. The Hall–Kier alpha value is -2.76. The van der Waals surface area contributed by atoms with Crippen molar-refractivity contribution >= 4 is 35.2 Å². The highest BCUT2D eigenvalue weighted by Gasteiger charge is 2.32. The van der Waals surface area contributed by atoms with Crippen molar-refractivity contribution in [2.24, 2.45) is 0 Å². The van der Waals surface area contributed by atoms with Gasteiger partial charge in [0, 0.05) is 23.7 Å². The summed E-state index contributed by atoms with van der Waals surface area (Å²) >= 11 is 7.51. The van der Waals surface area contributed by atoms with Crippen LogP contribution in [0.4, 0.5) is 0 Å². The summed E-state index contributed by atoms with van der Waals surface area (Å²) in [7, 11) is 0. The van der Waals surface area contributed by atoms with E-state index in [4.69, 9.17) is 11.6 Å². The fraction of sp³-hybridized carbons (Fsp3) is 0.167. The molecule has 0 radical (unpaired) electrons. The molecule has 152 valence electrons. The van der Waals surface area contributed by atoms with E-state index >= 15 is 0 Å². The molecule has 1 aliphatic heterocycles. The lowest BCUT2D eigenvalue weighted by Crippen LogP contribution is -2.27. The summed E-state index contributed by atoms with van der Waals surface area (Å²) in [5.41, 5.74) is 3.71. The van der Waals surface area contributed by atoms with Gasteiger partial charge in [-0.15, -0.1) is 11.8 Å². The second kappa shape index (κ2) is 9.37. The van der Waals surface area contributed by atoms with Crippen LogP contribution in [0, 0.1) is 0 Å². The summed E-state index contributed by atoms with van der Waals surface area (Å²) in [6, 6.07) is 24.9. The van der Waals surface area contributed by atoms with Crippen LogP contribution in [0.15, 0.2) is 78.9 Å². The van der Waals surface area contributed by atoms with Gasteiger partial charge in [0.1, 0.15) is 5.37 Å². The number of hydrogen-bond acceptors (Lipinski definition) is 3. The van der Waals surface area contributed by atoms with Gasteiger partial charge in [0.25, 0.3) is 5.91 Å².